The van der Waals surface area contributed by atoms with Crippen LogP contribution in [0.25, 0.3) is 0 Å². The van der Waals surface area contributed by atoms with Gasteiger partial charge in [-0.25, -0.2) is 0 Å². The van der Waals surface area contributed by atoms with Gasteiger partial charge in [0, 0.05) is 5.71 Å². The molecule has 1 unspecified atom stereocenters. The molecule has 1 heteroatoms. The predicted molar refractivity (Wildman–Crippen MR) is 46.5 cm³/mol. The van der Waals surface area contributed by atoms with Crippen LogP contribution in [0.5, 0.6) is 0 Å². The van der Waals surface area contributed by atoms with Crippen LogP contribution in [0.2, 0.25) is 0 Å². The van der Waals surface area contributed by atoms with E-state index >= 15 is 0 Å². The van der Waals surface area contributed by atoms with Gasteiger partial charge in [0.1, 0.15) is 0 Å². The minimum Gasteiger partial charge on any atom is -0.305 e. The minimum absolute atomic E-state index is 0.385. The molecular weight excluding hydrogens is 122 g/mol. The molecule has 0 aliphatic carbocycles. The third-order valence-electron chi connectivity index (χ3n) is 1.84. The van der Waals surface area contributed by atoms with Crippen molar-refractivity contribution in [2.24, 2.45) is 11.8 Å². The first-order valence-electron chi connectivity index (χ1n) is 3.80. The maximum absolute atomic E-state index is 7.54. The molecule has 0 fully saturated rings. The lowest BCUT2D eigenvalue weighted by Crippen LogP contribution is -2.13. The third kappa shape index (κ3) is 2.81. The Kier molecular flexibility index (Phi) is 4.01. The molecule has 0 aromatic rings. The van der Waals surface area contributed by atoms with Gasteiger partial charge in [0.15, 0.2) is 0 Å². The Balaban J connectivity index is 3.95. The van der Waals surface area contributed by atoms with Gasteiger partial charge < -0.3 is 5.41 Å². The summed E-state index contributed by atoms with van der Waals surface area (Å²) in [4.78, 5) is 0. The monoisotopic (exact) mass is 139 g/mol. The standard InChI is InChI=1S/C9H17N/c1-5-6-9(10)8(4)7(2)3/h5-8,10H,1-4H3. The van der Waals surface area contributed by atoms with Crippen LogP contribution in [-0.2, 0) is 0 Å². The molecule has 0 aliphatic heterocycles. The number of nitrogens with one attached hydrogen (secondary N) is 1. The second-order valence-corrected chi connectivity index (χ2v) is 2.99. The van der Waals surface area contributed by atoms with Crippen LogP contribution in [0, 0.1) is 17.2 Å². The van der Waals surface area contributed by atoms with Crippen molar-refractivity contribution in [2.45, 2.75) is 27.7 Å². The van der Waals surface area contributed by atoms with Crippen LogP contribution in [-0.4, -0.2) is 5.71 Å². The Labute approximate surface area is 63.7 Å². The SMILES string of the molecule is CC=CC(=N)C(C)C(C)C. The average molecular weight is 139 g/mol. The van der Waals surface area contributed by atoms with E-state index in [1.807, 2.05) is 19.1 Å². The van der Waals surface area contributed by atoms with Crippen LogP contribution >= 0.6 is 0 Å². The number of allylic oxidation sites excluding steroid dienone is 2. The molecule has 0 rings (SSSR count). The van der Waals surface area contributed by atoms with Gasteiger partial charge in [-0.05, 0) is 24.8 Å². The highest BCUT2D eigenvalue weighted by molar-refractivity contribution is 5.93. The normalized spacial score (nSPS) is 14.5. The van der Waals surface area contributed by atoms with Crippen molar-refractivity contribution in [3.05, 3.63) is 12.2 Å². The second kappa shape index (κ2) is 4.26. The van der Waals surface area contributed by atoms with Crippen molar-refractivity contribution in [1.82, 2.24) is 0 Å². The number of hydrogen-bond donors (Lipinski definition) is 1. The molecule has 0 aromatic carbocycles. The van der Waals surface area contributed by atoms with Gasteiger partial charge in [-0.3, -0.25) is 0 Å². The zero-order valence-corrected chi connectivity index (χ0v) is 7.31. The molecule has 1 nitrogen and oxygen atoms in total. The highest BCUT2D eigenvalue weighted by Gasteiger charge is 2.09. The molecule has 0 amide bonds. The predicted octanol–water partition coefficient (Wildman–Crippen LogP) is 2.87. The second-order valence-electron chi connectivity index (χ2n) is 2.99. The fraction of sp³-hybridized carbons (Fsp3) is 0.667. The van der Waals surface area contributed by atoms with Gasteiger partial charge in [-0.15, -0.1) is 0 Å². The van der Waals surface area contributed by atoms with Crippen LogP contribution in [0.3, 0.4) is 0 Å². The molecule has 0 spiro atoms. The van der Waals surface area contributed by atoms with E-state index in [0.29, 0.717) is 11.8 Å². The molecule has 0 aromatic heterocycles. The largest absolute Gasteiger partial charge is 0.305 e. The summed E-state index contributed by atoms with van der Waals surface area (Å²) in [5.74, 6) is 0.958. The number of rotatable bonds is 3. The maximum Gasteiger partial charge on any atom is 0.0341 e. The first-order valence-corrected chi connectivity index (χ1v) is 3.80. The van der Waals surface area contributed by atoms with E-state index in [2.05, 4.69) is 20.8 Å². The molecule has 0 aliphatic rings. The smallest absolute Gasteiger partial charge is 0.0341 e. The molecule has 0 saturated heterocycles. The summed E-state index contributed by atoms with van der Waals surface area (Å²) >= 11 is 0. The topological polar surface area (TPSA) is 23.9 Å². The van der Waals surface area contributed by atoms with E-state index in [0.717, 1.165) is 5.71 Å². The summed E-state index contributed by atoms with van der Waals surface area (Å²) in [6.07, 6.45) is 3.78. The van der Waals surface area contributed by atoms with E-state index in [4.69, 9.17) is 5.41 Å². The Hall–Kier alpha value is -0.590. The Morgan fingerprint density at radius 2 is 1.80 bits per heavy atom. The van der Waals surface area contributed by atoms with E-state index in [1.54, 1.807) is 0 Å². The highest BCUT2D eigenvalue weighted by Crippen LogP contribution is 2.11. The summed E-state index contributed by atoms with van der Waals surface area (Å²) in [6.45, 7) is 8.32. The average Bonchev–Trinajstić information content (AvgIpc) is 1.87. The van der Waals surface area contributed by atoms with Crippen LogP contribution in [0.15, 0.2) is 12.2 Å². The Bertz CT molecular complexity index is 134. The summed E-state index contributed by atoms with van der Waals surface area (Å²) in [6, 6.07) is 0. The number of hydrogen-bond acceptors (Lipinski definition) is 1. The summed E-state index contributed by atoms with van der Waals surface area (Å²) in [7, 11) is 0. The first-order chi connectivity index (χ1) is 4.59. The van der Waals surface area contributed by atoms with Crippen molar-refractivity contribution < 1.29 is 0 Å². The lowest BCUT2D eigenvalue weighted by molar-refractivity contribution is 0.532. The van der Waals surface area contributed by atoms with E-state index in [9.17, 15) is 0 Å². The molecule has 58 valence electrons. The van der Waals surface area contributed by atoms with Gasteiger partial charge in [0.25, 0.3) is 0 Å². The van der Waals surface area contributed by atoms with Gasteiger partial charge in [-0.1, -0.05) is 26.8 Å². The first kappa shape index (κ1) is 9.41. The maximum atomic E-state index is 7.54. The van der Waals surface area contributed by atoms with Gasteiger partial charge in [0.05, 0.1) is 0 Å². The van der Waals surface area contributed by atoms with Gasteiger partial charge in [0.2, 0.25) is 0 Å². The zero-order chi connectivity index (χ0) is 8.15. The van der Waals surface area contributed by atoms with E-state index < -0.39 is 0 Å². The fourth-order valence-electron chi connectivity index (χ4n) is 0.690. The van der Waals surface area contributed by atoms with Crippen molar-refractivity contribution in [3.8, 4) is 0 Å². The van der Waals surface area contributed by atoms with Crippen LogP contribution < -0.4 is 0 Å². The molecule has 0 heterocycles. The lowest BCUT2D eigenvalue weighted by atomic mass is 9.93. The van der Waals surface area contributed by atoms with Crippen LogP contribution in [0.4, 0.5) is 0 Å². The minimum atomic E-state index is 0.385. The van der Waals surface area contributed by atoms with Gasteiger partial charge >= 0.3 is 0 Å². The Morgan fingerprint density at radius 3 is 2.10 bits per heavy atom. The summed E-state index contributed by atoms with van der Waals surface area (Å²) in [5, 5.41) is 7.54. The van der Waals surface area contributed by atoms with Crippen molar-refractivity contribution in [2.75, 3.05) is 0 Å². The molecule has 10 heavy (non-hydrogen) atoms. The van der Waals surface area contributed by atoms with E-state index in [1.165, 1.54) is 0 Å². The molecule has 1 atom stereocenters. The van der Waals surface area contributed by atoms with Crippen molar-refractivity contribution >= 4 is 5.71 Å². The van der Waals surface area contributed by atoms with Gasteiger partial charge in [-0.2, -0.15) is 0 Å². The molecule has 0 radical (unpaired) electrons. The summed E-state index contributed by atoms with van der Waals surface area (Å²) < 4.78 is 0. The quantitative estimate of drug-likeness (QED) is 0.581. The molecule has 1 N–H and O–H groups in total. The highest BCUT2D eigenvalue weighted by atomic mass is 14.4. The van der Waals surface area contributed by atoms with Crippen LogP contribution in [0.1, 0.15) is 27.7 Å². The van der Waals surface area contributed by atoms with Crippen molar-refractivity contribution in [3.63, 3.8) is 0 Å². The summed E-state index contributed by atoms with van der Waals surface area (Å²) in [5.41, 5.74) is 0.734. The lowest BCUT2D eigenvalue weighted by Gasteiger charge is -2.13. The Morgan fingerprint density at radius 1 is 1.30 bits per heavy atom. The van der Waals surface area contributed by atoms with E-state index in [-0.39, 0.29) is 0 Å². The fourth-order valence-corrected chi connectivity index (χ4v) is 0.690. The molecular formula is C9H17N. The molecule has 0 bridgehead atoms. The third-order valence-corrected chi connectivity index (χ3v) is 1.84. The van der Waals surface area contributed by atoms with Crippen molar-refractivity contribution in [1.29, 1.82) is 5.41 Å². The molecule has 0 saturated carbocycles. The zero-order valence-electron chi connectivity index (χ0n) is 7.31.